The molecular weight excluding hydrogens is 400 g/mol. The van der Waals surface area contributed by atoms with Crippen molar-refractivity contribution in [1.82, 2.24) is 19.7 Å². The van der Waals surface area contributed by atoms with Gasteiger partial charge in [0.1, 0.15) is 0 Å². The number of carbonyl (C=O) groups excluding carboxylic acids is 1. The Hall–Kier alpha value is -3.64. The van der Waals surface area contributed by atoms with Gasteiger partial charge in [0.25, 0.3) is 5.91 Å². The van der Waals surface area contributed by atoms with E-state index in [0.29, 0.717) is 17.1 Å². The van der Waals surface area contributed by atoms with Crippen LogP contribution in [0, 0.1) is 0 Å². The molecule has 0 atom stereocenters. The summed E-state index contributed by atoms with van der Waals surface area (Å²) >= 11 is 6.04. The van der Waals surface area contributed by atoms with Crippen LogP contribution in [0.15, 0.2) is 83.9 Å². The van der Waals surface area contributed by atoms with Gasteiger partial charge in [-0.15, -0.1) is 0 Å². The number of halogens is 1. The highest BCUT2D eigenvalue weighted by molar-refractivity contribution is 6.30. The van der Waals surface area contributed by atoms with E-state index in [-0.39, 0.29) is 11.5 Å². The minimum Gasteiger partial charge on any atom is -0.337 e. The summed E-state index contributed by atoms with van der Waals surface area (Å²) < 4.78 is 1.80. The highest BCUT2D eigenvalue weighted by Gasteiger charge is 2.18. The Kier molecular flexibility index (Phi) is 5.50. The number of aromatic amines is 1. The largest absolute Gasteiger partial charge is 0.337 e. The van der Waals surface area contributed by atoms with Crippen LogP contribution in [0.3, 0.4) is 0 Å². The van der Waals surface area contributed by atoms with Crippen LogP contribution >= 0.6 is 11.6 Å². The van der Waals surface area contributed by atoms with Crippen LogP contribution in [0.25, 0.3) is 16.9 Å². The molecule has 1 amide bonds. The molecule has 6 nitrogen and oxygen atoms in total. The summed E-state index contributed by atoms with van der Waals surface area (Å²) in [7, 11) is 1.72. The van der Waals surface area contributed by atoms with Crippen LogP contribution < -0.4 is 5.56 Å². The van der Waals surface area contributed by atoms with Crippen LogP contribution in [0.1, 0.15) is 15.9 Å². The van der Waals surface area contributed by atoms with E-state index in [4.69, 9.17) is 16.7 Å². The number of nitrogens with one attached hydrogen (secondary N) is 1. The summed E-state index contributed by atoms with van der Waals surface area (Å²) in [6, 6.07) is 20.1. The molecular formula is C23H19ClN4O2. The van der Waals surface area contributed by atoms with E-state index >= 15 is 0 Å². The second-order valence-electron chi connectivity index (χ2n) is 6.89. The number of aromatic nitrogens is 3. The van der Waals surface area contributed by atoms with Crippen molar-refractivity contribution in [2.45, 2.75) is 6.54 Å². The molecule has 30 heavy (non-hydrogen) atoms. The highest BCUT2D eigenvalue weighted by Crippen LogP contribution is 2.26. The molecule has 0 radical (unpaired) electrons. The van der Waals surface area contributed by atoms with E-state index in [1.807, 2.05) is 60.8 Å². The lowest BCUT2D eigenvalue weighted by Gasteiger charge is -2.17. The van der Waals surface area contributed by atoms with Gasteiger partial charge >= 0.3 is 0 Å². The van der Waals surface area contributed by atoms with Crippen LogP contribution in [0.2, 0.25) is 5.02 Å². The molecule has 4 rings (SSSR count). The Morgan fingerprint density at radius 3 is 2.47 bits per heavy atom. The number of nitrogens with zero attached hydrogens (tertiary/aromatic N) is 3. The van der Waals surface area contributed by atoms with Gasteiger partial charge in [-0.3, -0.25) is 9.59 Å². The van der Waals surface area contributed by atoms with Gasteiger partial charge in [-0.25, -0.2) is 4.68 Å². The van der Waals surface area contributed by atoms with E-state index in [1.165, 1.54) is 18.3 Å². The van der Waals surface area contributed by atoms with Crippen molar-refractivity contribution >= 4 is 17.5 Å². The van der Waals surface area contributed by atoms with Gasteiger partial charge in [-0.2, -0.15) is 5.10 Å². The number of amides is 1. The number of hydrogen-bond donors (Lipinski definition) is 1. The number of rotatable bonds is 5. The topological polar surface area (TPSA) is 71.0 Å². The average Bonchev–Trinajstić information content (AvgIpc) is 3.18. The number of carbonyl (C=O) groups is 1. The van der Waals surface area contributed by atoms with Gasteiger partial charge < -0.3 is 9.88 Å². The van der Waals surface area contributed by atoms with Gasteiger partial charge in [0.2, 0.25) is 5.56 Å². The molecule has 0 spiro atoms. The number of benzene rings is 2. The first kappa shape index (κ1) is 19.7. The highest BCUT2D eigenvalue weighted by atomic mass is 35.5. The molecule has 0 fully saturated rings. The number of pyridine rings is 1. The predicted octanol–water partition coefficient (Wildman–Crippen LogP) is 4.15. The molecule has 0 aliphatic carbocycles. The lowest BCUT2D eigenvalue weighted by atomic mass is 10.1. The van der Waals surface area contributed by atoms with Crippen molar-refractivity contribution in [3.05, 3.63) is 106 Å². The average molecular weight is 419 g/mol. The SMILES string of the molecule is CN(Cc1cn(-c2ccccc2)nc1-c1ccc(Cl)cc1)C(=O)c1ccc(=O)[nH]c1. The molecule has 2 aromatic carbocycles. The summed E-state index contributed by atoms with van der Waals surface area (Å²) in [4.78, 5) is 28.2. The summed E-state index contributed by atoms with van der Waals surface area (Å²) in [5.74, 6) is -0.194. The molecule has 0 aliphatic rings. The lowest BCUT2D eigenvalue weighted by Crippen LogP contribution is -2.27. The van der Waals surface area contributed by atoms with E-state index in [9.17, 15) is 9.59 Å². The van der Waals surface area contributed by atoms with E-state index in [1.54, 1.807) is 16.6 Å². The Labute approximate surface area is 178 Å². The van der Waals surface area contributed by atoms with Gasteiger partial charge in [-0.05, 0) is 30.3 Å². The number of hydrogen-bond acceptors (Lipinski definition) is 3. The van der Waals surface area contributed by atoms with Crippen LogP contribution in [0.5, 0.6) is 0 Å². The van der Waals surface area contributed by atoms with E-state index in [2.05, 4.69) is 4.98 Å². The van der Waals surface area contributed by atoms with Crippen molar-refractivity contribution < 1.29 is 4.79 Å². The van der Waals surface area contributed by atoms with Crippen LogP contribution in [-0.2, 0) is 6.54 Å². The quantitative estimate of drug-likeness (QED) is 0.529. The predicted molar refractivity (Wildman–Crippen MR) is 117 cm³/mol. The Morgan fingerprint density at radius 2 is 1.80 bits per heavy atom. The zero-order valence-electron chi connectivity index (χ0n) is 16.2. The molecule has 0 unspecified atom stereocenters. The molecule has 2 aromatic heterocycles. The molecule has 0 aliphatic heterocycles. The Balaban J connectivity index is 1.69. The second kappa shape index (κ2) is 8.39. The summed E-state index contributed by atoms with van der Waals surface area (Å²) in [5.41, 5.74) is 3.67. The zero-order valence-corrected chi connectivity index (χ0v) is 17.0. The smallest absolute Gasteiger partial charge is 0.255 e. The molecule has 150 valence electrons. The molecule has 4 aromatic rings. The van der Waals surface area contributed by atoms with Crippen molar-refractivity contribution in [3.63, 3.8) is 0 Å². The van der Waals surface area contributed by atoms with Crippen molar-refractivity contribution in [2.75, 3.05) is 7.05 Å². The third-order valence-corrected chi connectivity index (χ3v) is 4.97. The fourth-order valence-electron chi connectivity index (χ4n) is 3.18. The van der Waals surface area contributed by atoms with Gasteiger partial charge in [0.05, 0.1) is 16.9 Å². The standard InChI is InChI=1S/C23H19ClN4O2/c1-27(23(30)17-9-12-21(29)25-13-17)14-18-15-28(20-5-3-2-4-6-20)26-22(18)16-7-10-19(24)11-8-16/h2-13,15H,14H2,1H3,(H,25,29). The monoisotopic (exact) mass is 418 g/mol. The van der Waals surface area contributed by atoms with Crippen molar-refractivity contribution in [3.8, 4) is 16.9 Å². The van der Waals surface area contributed by atoms with E-state index < -0.39 is 0 Å². The van der Waals surface area contributed by atoms with Gasteiger partial charge in [0.15, 0.2) is 0 Å². The maximum Gasteiger partial charge on any atom is 0.255 e. The molecule has 2 heterocycles. The van der Waals surface area contributed by atoms with Crippen molar-refractivity contribution in [2.24, 2.45) is 0 Å². The maximum atomic E-state index is 12.8. The molecule has 7 heteroatoms. The first-order valence-electron chi connectivity index (χ1n) is 9.35. The number of H-pyrrole nitrogens is 1. The molecule has 0 saturated heterocycles. The number of para-hydroxylation sites is 1. The molecule has 0 saturated carbocycles. The fraction of sp³-hybridized carbons (Fsp3) is 0.0870. The third kappa shape index (κ3) is 4.18. The minimum atomic E-state index is -0.247. The van der Waals surface area contributed by atoms with Crippen LogP contribution in [-0.4, -0.2) is 32.6 Å². The molecule has 1 N–H and O–H groups in total. The minimum absolute atomic E-state index is 0.194. The second-order valence-corrected chi connectivity index (χ2v) is 7.33. The Bertz CT molecular complexity index is 1210. The third-order valence-electron chi connectivity index (χ3n) is 4.71. The fourth-order valence-corrected chi connectivity index (χ4v) is 3.31. The van der Waals surface area contributed by atoms with Gasteiger partial charge in [0, 0.05) is 48.2 Å². The molecule has 0 bridgehead atoms. The van der Waals surface area contributed by atoms with Crippen molar-refractivity contribution in [1.29, 1.82) is 0 Å². The normalized spacial score (nSPS) is 10.7. The lowest BCUT2D eigenvalue weighted by molar-refractivity contribution is 0.0785. The summed E-state index contributed by atoms with van der Waals surface area (Å²) in [5, 5.41) is 5.41. The van der Waals surface area contributed by atoms with Gasteiger partial charge in [-0.1, -0.05) is 41.9 Å². The van der Waals surface area contributed by atoms with Crippen LogP contribution in [0.4, 0.5) is 0 Å². The zero-order chi connectivity index (χ0) is 21.1. The van der Waals surface area contributed by atoms with E-state index in [0.717, 1.165) is 22.5 Å². The maximum absolute atomic E-state index is 12.8. The first-order valence-corrected chi connectivity index (χ1v) is 9.73. The summed E-state index contributed by atoms with van der Waals surface area (Å²) in [6.45, 7) is 0.350. The first-order chi connectivity index (χ1) is 14.5. The Morgan fingerprint density at radius 1 is 1.07 bits per heavy atom. The summed E-state index contributed by atoms with van der Waals surface area (Å²) in [6.07, 6.45) is 3.35.